The maximum Gasteiger partial charge on any atom is 0.0116 e. The minimum Gasteiger partial charge on any atom is -0.402 e. The standard InChI is InChI=1S/C7H13NS/c1-6(2)4-9-5-7(3)8/h4-5H,8H2,1-3H3/b7-5-. The highest BCUT2D eigenvalue weighted by Crippen LogP contribution is 2.08. The van der Waals surface area contributed by atoms with E-state index in [0.717, 1.165) is 5.70 Å². The Morgan fingerprint density at radius 2 is 1.78 bits per heavy atom. The summed E-state index contributed by atoms with van der Waals surface area (Å²) < 4.78 is 0. The van der Waals surface area contributed by atoms with Crippen molar-refractivity contribution in [3.63, 3.8) is 0 Å². The lowest BCUT2D eigenvalue weighted by atomic mass is 10.4. The summed E-state index contributed by atoms with van der Waals surface area (Å²) in [5, 5.41) is 3.99. The van der Waals surface area contributed by atoms with Crippen LogP contribution in [0.25, 0.3) is 0 Å². The highest BCUT2D eigenvalue weighted by molar-refractivity contribution is 8.04. The lowest BCUT2D eigenvalue weighted by Gasteiger charge is -1.87. The number of hydrogen-bond donors (Lipinski definition) is 1. The molecule has 0 fully saturated rings. The minimum atomic E-state index is 0.859. The van der Waals surface area contributed by atoms with Gasteiger partial charge in [0, 0.05) is 5.70 Å². The van der Waals surface area contributed by atoms with Crippen molar-refractivity contribution >= 4 is 11.8 Å². The van der Waals surface area contributed by atoms with Crippen molar-refractivity contribution in [3.8, 4) is 0 Å². The van der Waals surface area contributed by atoms with Crippen LogP contribution in [0.2, 0.25) is 0 Å². The quantitative estimate of drug-likeness (QED) is 0.642. The summed E-state index contributed by atoms with van der Waals surface area (Å²) in [5.41, 5.74) is 7.55. The van der Waals surface area contributed by atoms with Crippen LogP contribution in [0, 0.1) is 0 Å². The molecule has 0 aromatic heterocycles. The molecule has 0 aliphatic rings. The molecule has 0 aromatic rings. The highest BCUT2D eigenvalue weighted by Gasteiger charge is 1.76. The molecule has 52 valence electrons. The van der Waals surface area contributed by atoms with Crippen molar-refractivity contribution in [1.82, 2.24) is 0 Å². The van der Waals surface area contributed by atoms with E-state index in [1.165, 1.54) is 5.57 Å². The Balaban J connectivity index is 3.53. The summed E-state index contributed by atoms with van der Waals surface area (Å²) in [6.07, 6.45) is 0. The van der Waals surface area contributed by atoms with Crippen LogP contribution in [0.5, 0.6) is 0 Å². The van der Waals surface area contributed by atoms with Gasteiger partial charge < -0.3 is 5.73 Å². The van der Waals surface area contributed by atoms with Crippen molar-refractivity contribution in [2.75, 3.05) is 0 Å². The molecule has 0 amide bonds. The van der Waals surface area contributed by atoms with Gasteiger partial charge in [0.1, 0.15) is 0 Å². The van der Waals surface area contributed by atoms with E-state index in [1.54, 1.807) is 11.8 Å². The van der Waals surface area contributed by atoms with Gasteiger partial charge in [-0.2, -0.15) is 0 Å². The van der Waals surface area contributed by atoms with Crippen LogP contribution >= 0.6 is 11.8 Å². The first-order valence-electron chi connectivity index (χ1n) is 2.84. The fourth-order valence-corrected chi connectivity index (χ4v) is 0.832. The molecule has 0 rings (SSSR count). The van der Waals surface area contributed by atoms with Crippen LogP contribution in [-0.2, 0) is 0 Å². The summed E-state index contributed by atoms with van der Waals surface area (Å²) in [6, 6.07) is 0. The van der Waals surface area contributed by atoms with Gasteiger partial charge in [0.2, 0.25) is 0 Å². The molecule has 0 aliphatic heterocycles. The predicted octanol–water partition coefficient (Wildman–Crippen LogP) is 2.46. The van der Waals surface area contributed by atoms with Gasteiger partial charge >= 0.3 is 0 Å². The molecule has 0 heterocycles. The number of allylic oxidation sites excluding steroid dienone is 2. The second-order valence-electron chi connectivity index (χ2n) is 2.19. The summed E-state index contributed by atoms with van der Waals surface area (Å²) in [6.45, 7) is 6.01. The molecule has 9 heavy (non-hydrogen) atoms. The molecule has 2 N–H and O–H groups in total. The lowest BCUT2D eigenvalue weighted by Crippen LogP contribution is -1.86. The van der Waals surface area contributed by atoms with Crippen LogP contribution in [0.4, 0.5) is 0 Å². The molecule has 0 unspecified atom stereocenters. The molecule has 1 nitrogen and oxygen atoms in total. The predicted molar refractivity (Wildman–Crippen MR) is 45.0 cm³/mol. The Bertz CT molecular complexity index is 112. The molecule has 0 radical (unpaired) electrons. The van der Waals surface area contributed by atoms with E-state index >= 15 is 0 Å². The molecule has 0 aromatic carbocycles. The summed E-state index contributed by atoms with van der Waals surface area (Å²) in [7, 11) is 0. The van der Waals surface area contributed by atoms with Crippen LogP contribution in [0.3, 0.4) is 0 Å². The number of nitrogens with two attached hydrogens (primary N) is 1. The monoisotopic (exact) mass is 143 g/mol. The first-order chi connectivity index (χ1) is 4.13. The van der Waals surface area contributed by atoms with E-state index in [-0.39, 0.29) is 0 Å². The second-order valence-corrected chi connectivity index (χ2v) is 2.94. The smallest absolute Gasteiger partial charge is 0.0116 e. The largest absolute Gasteiger partial charge is 0.402 e. The lowest BCUT2D eigenvalue weighted by molar-refractivity contribution is 1.33. The van der Waals surface area contributed by atoms with E-state index in [1.807, 2.05) is 12.3 Å². The summed E-state index contributed by atoms with van der Waals surface area (Å²) in [5.74, 6) is 0. The first-order valence-corrected chi connectivity index (χ1v) is 3.78. The van der Waals surface area contributed by atoms with Crippen LogP contribution in [0.1, 0.15) is 20.8 Å². The third-order valence-corrected chi connectivity index (χ3v) is 1.67. The van der Waals surface area contributed by atoms with Gasteiger partial charge in [0.15, 0.2) is 0 Å². The van der Waals surface area contributed by atoms with E-state index in [0.29, 0.717) is 0 Å². The molecule has 0 bridgehead atoms. The summed E-state index contributed by atoms with van der Waals surface area (Å²) >= 11 is 1.62. The number of rotatable bonds is 2. The zero-order chi connectivity index (χ0) is 7.28. The third kappa shape index (κ3) is 7.63. The van der Waals surface area contributed by atoms with Crippen LogP contribution in [0.15, 0.2) is 22.1 Å². The van der Waals surface area contributed by atoms with Gasteiger partial charge in [-0.3, -0.25) is 0 Å². The molecule has 0 spiro atoms. The zero-order valence-electron chi connectivity index (χ0n) is 6.14. The van der Waals surface area contributed by atoms with Crippen LogP contribution in [-0.4, -0.2) is 0 Å². The van der Waals surface area contributed by atoms with Gasteiger partial charge in [0.25, 0.3) is 0 Å². The normalized spacial score (nSPS) is 11.2. The van der Waals surface area contributed by atoms with Crippen LogP contribution < -0.4 is 5.73 Å². The maximum absolute atomic E-state index is 5.39. The van der Waals surface area contributed by atoms with Gasteiger partial charge in [0.05, 0.1) is 0 Å². The maximum atomic E-state index is 5.39. The minimum absolute atomic E-state index is 0.859. The molecule has 0 saturated heterocycles. The fraction of sp³-hybridized carbons (Fsp3) is 0.429. The van der Waals surface area contributed by atoms with E-state index < -0.39 is 0 Å². The average molecular weight is 143 g/mol. The molecular weight excluding hydrogens is 130 g/mol. The van der Waals surface area contributed by atoms with Gasteiger partial charge in [-0.05, 0) is 31.6 Å². The molecule has 0 atom stereocenters. The SMILES string of the molecule is CC(C)=CS/C=C(/C)N. The van der Waals surface area contributed by atoms with Gasteiger partial charge in [-0.25, -0.2) is 0 Å². The second kappa shape index (κ2) is 4.50. The number of thioether (sulfide) groups is 1. The summed E-state index contributed by atoms with van der Waals surface area (Å²) in [4.78, 5) is 0. The Hall–Kier alpha value is -0.370. The highest BCUT2D eigenvalue weighted by atomic mass is 32.2. The Kier molecular flexibility index (Phi) is 4.32. The molecule has 0 saturated carbocycles. The van der Waals surface area contributed by atoms with Gasteiger partial charge in [-0.15, -0.1) is 11.8 Å². The zero-order valence-corrected chi connectivity index (χ0v) is 6.96. The van der Waals surface area contributed by atoms with E-state index in [9.17, 15) is 0 Å². The molecular formula is C7H13NS. The van der Waals surface area contributed by atoms with Gasteiger partial charge in [-0.1, -0.05) is 5.57 Å². The topological polar surface area (TPSA) is 26.0 Å². The van der Waals surface area contributed by atoms with E-state index in [2.05, 4.69) is 19.3 Å². The fourth-order valence-electron chi connectivity index (χ4n) is 0.277. The van der Waals surface area contributed by atoms with Crippen molar-refractivity contribution in [2.24, 2.45) is 5.73 Å². The Morgan fingerprint density at radius 1 is 1.22 bits per heavy atom. The van der Waals surface area contributed by atoms with Crippen molar-refractivity contribution < 1.29 is 0 Å². The molecule has 2 heteroatoms. The molecule has 0 aliphatic carbocycles. The first kappa shape index (κ1) is 8.63. The van der Waals surface area contributed by atoms with E-state index in [4.69, 9.17) is 5.73 Å². The third-order valence-electron chi connectivity index (χ3n) is 0.558. The Labute approximate surface area is 61.0 Å². The van der Waals surface area contributed by atoms with Crippen molar-refractivity contribution in [2.45, 2.75) is 20.8 Å². The number of hydrogen-bond acceptors (Lipinski definition) is 2. The Morgan fingerprint density at radius 3 is 2.11 bits per heavy atom. The van der Waals surface area contributed by atoms with Crippen molar-refractivity contribution in [3.05, 3.63) is 22.1 Å². The average Bonchev–Trinajstić information content (AvgIpc) is 1.63. The van der Waals surface area contributed by atoms with Crippen molar-refractivity contribution in [1.29, 1.82) is 0 Å².